The van der Waals surface area contributed by atoms with Gasteiger partial charge >= 0.3 is 0 Å². The van der Waals surface area contributed by atoms with Gasteiger partial charge in [0.2, 0.25) is 0 Å². The van der Waals surface area contributed by atoms with Crippen LogP contribution in [0.2, 0.25) is 0 Å². The summed E-state index contributed by atoms with van der Waals surface area (Å²) in [5.41, 5.74) is 0.954. The predicted octanol–water partition coefficient (Wildman–Crippen LogP) is 2.06. The number of hydrogen-bond acceptors (Lipinski definition) is 3. The smallest absolute Gasteiger partial charge is 0.190 e. The lowest BCUT2D eigenvalue weighted by atomic mass is 10.5. The van der Waals surface area contributed by atoms with E-state index in [1.54, 1.807) is 23.7 Å². The highest BCUT2D eigenvalue weighted by molar-refractivity contribution is 9.08. The molecule has 0 aliphatic rings. The van der Waals surface area contributed by atoms with E-state index >= 15 is 0 Å². The summed E-state index contributed by atoms with van der Waals surface area (Å²) in [4.78, 5) is 0. The summed E-state index contributed by atoms with van der Waals surface area (Å²) in [6.45, 7) is 0. The number of alkyl halides is 1. The van der Waals surface area contributed by atoms with Crippen molar-refractivity contribution < 1.29 is 8.42 Å². The zero-order valence-corrected chi connectivity index (χ0v) is 12.1. The van der Waals surface area contributed by atoms with Crippen LogP contribution in [0, 0.1) is 0 Å². The van der Waals surface area contributed by atoms with Crippen molar-refractivity contribution in [3.8, 4) is 0 Å². The number of rotatable bonds is 2. The number of aromatic nitrogens is 1. The van der Waals surface area contributed by atoms with Gasteiger partial charge in [0.15, 0.2) is 9.84 Å². The SMILES string of the molecule is Br.Cn1c(CBr)ccc1S(C)(=O)=O.N. The maximum Gasteiger partial charge on any atom is 0.190 e. The summed E-state index contributed by atoms with van der Waals surface area (Å²) < 4.78 is 24.0. The zero-order valence-electron chi connectivity index (χ0n) is 8.03. The minimum atomic E-state index is -3.08. The van der Waals surface area contributed by atoms with Crippen molar-refractivity contribution in [3.63, 3.8) is 0 Å². The number of sulfone groups is 1. The van der Waals surface area contributed by atoms with Crippen LogP contribution in [0.4, 0.5) is 0 Å². The van der Waals surface area contributed by atoms with Gasteiger partial charge in [0.25, 0.3) is 0 Å². The molecule has 0 unspecified atom stereocenters. The monoisotopic (exact) mass is 348 g/mol. The molecule has 0 saturated carbocycles. The van der Waals surface area contributed by atoms with Crippen LogP contribution in [0.3, 0.4) is 0 Å². The molecule has 0 radical (unpaired) electrons. The Labute approximate surface area is 103 Å². The molecule has 4 nitrogen and oxygen atoms in total. The van der Waals surface area contributed by atoms with E-state index in [0.717, 1.165) is 5.69 Å². The minimum Gasteiger partial charge on any atom is -0.344 e. The van der Waals surface area contributed by atoms with E-state index < -0.39 is 9.84 Å². The molecule has 0 spiro atoms. The summed E-state index contributed by atoms with van der Waals surface area (Å²) >= 11 is 3.27. The van der Waals surface area contributed by atoms with Gasteiger partial charge in [0.05, 0.1) is 0 Å². The molecule has 0 bridgehead atoms. The van der Waals surface area contributed by atoms with Gasteiger partial charge in [-0.15, -0.1) is 17.0 Å². The van der Waals surface area contributed by atoms with Gasteiger partial charge in [0, 0.05) is 24.3 Å². The Balaban J connectivity index is 0. The minimum absolute atomic E-state index is 0. The summed E-state index contributed by atoms with van der Waals surface area (Å²) in [5, 5.41) is 1.02. The molecule has 3 N–H and O–H groups in total. The van der Waals surface area contributed by atoms with Gasteiger partial charge in [-0.2, -0.15) is 0 Å². The number of hydrogen-bond donors (Lipinski definition) is 1. The van der Waals surface area contributed by atoms with Gasteiger partial charge < -0.3 is 10.7 Å². The molecule has 1 heterocycles. The van der Waals surface area contributed by atoms with E-state index in [-0.39, 0.29) is 23.1 Å². The summed E-state index contributed by atoms with van der Waals surface area (Å²) in [6.07, 6.45) is 1.21. The first-order chi connectivity index (χ1) is 5.46. The largest absolute Gasteiger partial charge is 0.344 e. The molecule has 1 rings (SSSR count). The van der Waals surface area contributed by atoms with Gasteiger partial charge in [-0.25, -0.2) is 8.42 Å². The molecule has 0 aliphatic carbocycles. The highest BCUT2D eigenvalue weighted by Crippen LogP contribution is 2.14. The second-order valence-electron chi connectivity index (χ2n) is 2.63. The maximum absolute atomic E-state index is 11.1. The van der Waals surface area contributed by atoms with Crippen molar-refractivity contribution in [1.29, 1.82) is 0 Å². The quantitative estimate of drug-likeness (QED) is 0.830. The van der Waals surface area contributed by atoms with E-state index in [0.29, 0.717) is 10.4 Å². The Kier molecular flexibility index (Phi) is 6.98. The Bertz CT molecular complexity index is 386. The predicted molar refractivity (Wildman–Crippen MR) is 66.5 cm³/mol. The molecule has 0 amide bonds. The Morgan fingerprint density at radius 2 is 1.93 bits per heavy atom. The summed E-state index contributed by atoms with van der Waals surface area (Å²) in [5.74, 6) is 0. The third-order valence-electron chi connectivity index (χ3n) is 1.70. The molecule has 1 aromatic heterocycles. The third-order valence-corrected chi connectivity index (χ3v) is 3.44. The second kappa shape index (κ2) is 5.89. The molecule has 0 atom stereocenters. The van der Waals surface area contributed by atoms with Crippen molar-refractivity contribution in [2.45, 2.75) is 10.4 Å². The van der Waals surface area contributed by atoms with Crippen LogP contribution in [0.15, 0.2) is 17.2 Å². The van der Waals surface area contributed by atoms with E-state index in [2.05, 4.69) is 15.9 Å². The molecule has 0 aromatic carbocycles. The molecule has 84 valence electrons. The van der Waals surface area contributed by atoms with Crippen LogP contribution in [0.25, 0.3) is 0 Å². The molecule has 0 saturated heterocycles. The van der Waals surface area contributed by atoms with Crippen molar-refractivity contribution in [3.05, 3.63) is 17.8 Å². The first-order valence-corrected chi connectivity index (χ1v) is 6.38. The highest BCUT2D eigenvalue weighted by atomic mass is 79.9. The molecule has 7 heteroatoms. The van der Waals surface area contributed by atoms with Crippen LogP contribution in [0.5, 0.6) is 0 Å². The summed E-state index contributed by atoms with van der Waals surface area (Å²) in [6, 6.07) is 3.41. The fraction of sp³-hybridized carbons (Fsp3) is 0.429. The fourth-order valence-electron chi connectivity index (χ4n) is 1.04. The summed E-state index contributed by atoms with van der Waals surface area (Å²) in [7, 11) is -1.34. The molecule has 14 heavy (non-hydrogen) atoms. The van der Waals surface area contributed by atoms with E-state index in [1.165, 1.54) is 6.26 Å². The van der Waals surface area contributed by atoms with Gasteiger partial charge in [0.1, 0.15) is 5.03 Å². The van der Waals surface area contributed by atoms with Crippen LogP contribution < -0.4 is 6.15 Å². The fourth-order valence-corrected chi connectivity index (χ4v) is 2.53. The molecule has 1 aromatic rings. The topological polar surface area (TPSA) is 74.1 Å². The maximum atomic E-state index is 11.1. The van der Waals surface area contributed by atoms with Crippen molar-refractivity contribution >= 4 is 42.7 Å². The lowest BCUT2D eigenvalue weighted by Crippen LogP contribution is -2.05. The highest BCUT2D eigenvalue weighted by Gasteiger charge is 2.12. The van der Waals surface area contributed by atoms with Crippen molar-refractivity contribution in [2.75, 3.05) is 6.26 Å². The number of nitrogens with zero attached hydrogens (tertiary/aromatic N) is 1. The Hall–Kier alpha value is 0.150. The lowest BCUT2D eigenvalue weighted by Gasteiger charge is -2.02. The molecule has 0 fully saturated rings. The van der Waals surface area contributed by atoms with E-state index in [9.17, 15) is 8.42 Å². The van der Waals surface area contributed by atoms with E-state index in [1.807, 2.05) is 0 Å². The van der Waals surface area contributed by atoms with Crippen LogP contribution >= 0.6 is 32.9 Å². The van der Waals surface area contributed by atoms with Crippen molar-refractivity contribution in [1.82, 2.24) is 10.7 Å². The molecular weight excluding hydrogens is 336 g/mol. The Morgan fingerprint density at radius 1 is 1.43 bits per heavy atom. The number of halogens is 2. The molecule has 0 aliphatic heterocycles. The normalized spacial score (nSPS) is 10.2. The van der Waals surface area contributed by atoms with E-state index in [4.69, 9.17) is 0 Å². The lowest BCUT2D eigenvalue weighted by molar-refractivity contribution is 0.590. The zero-order chi connectivity index (χ0) is 9.35. The van der Waals surface area contributed by atoms with Crippen LogP contribution in [0.1, 0.15) is 5.69 Å². The van der Waals surface area contributed by atoms with Crippen LogP contribution in [-0.4, -0.2) is 19.2 Å². The average molecular weight is 350 g/mol. The standard InChI is InChI=1S/C7H10BrNO2S.BrH.H3N/c1-9-6(5-8)3-4-7(9)12(2,10)11;;/h3-4H,5H2,1-2H3;1H;1H3. The van der Waals surface area contributed by atoms with Crippen LogP contribution in [-0.2, 0) is 22.2 Å². The third kappa shape index (κ3) is 3.38. The van der Waals surface area contributed by atoms with Gasteiger partial charge in [-0.05, 0) is 12.1 Å². The van der Waals surface area contributed by atoms with Gasteiger partial charge in [-0.3, -0.25) is 0 Å². The van der Waals surface area contributed by atoms with Gasteiger partial charge in [-0.1, -0.05) is 15.9 Å². The average Bonchev–Trinajstić information content (AvgIpc) is 2.29. The first kappa shape index (κ1) is 16.6. The molecular formula is C7H14Br2N2O2S. The van der Waals surface area contributed by atoms with Crippen molar-refractivity contribution in [2.24, 2.45) is 7.05 Å². The first-order valence-electron chi connectivity index (χ1n) is 3.37. The Morgan fingerprint density at radius 3 is 2.14 bits per heavy atom. The second-order valence-corrected chi connectivity index (χ2v) is 5.15.